The normalized spacial score (nSPS) is 10.3. The van der Waals surface area contributed by atoms with Crippen LogP contribution >= 0.6 is 0 Å². The molecule has 0 heterocycles. The second-order valence-corrected chi connectivity index (χ2v) is 1.52. The second-order valence-electron chi connectivity index (χ2n) is 1.52. The largest absolute Gasteiger partial charge is 0.354 e. The molecule has 0 rings (SSSR count). The molecule has 0 saturated carbocycles. The third kappa shape index (κ3) is 2.26. The molecular weight excluding hydrogens is 128 g/mol. The Labute approximate surface area is 60.2 Å². The van der Waals surface area contributed by atoms with E-state index in [9.17, 15) is 4.79 Å². The summed E-state index contributed by atoms with van der Waals surface area (Å²) >= 11 is 0. The van der Waals surface area contributed by atoms with Gasteiger partial charge in [-0.05, 0) is 12.8 Å². The number of nitrogens with zero attached hydrogens (tertiary/aromatic N) is 1. The van der Waals surface area contributed by atoms with Gasteiger partial charge in [0.15, 0.2) is 0 Å². The SMILES string of the molecule is C=C/C=C(\N=C)C(=O)NC. The summed E-state index contributed by atoms with van der Waals surface area (Å²) in [5.74, 6) is -0.255. The van der Waals surface area contributed by atoms with Crippen LogP contribution in [-0.4, -0.2) is 19.7 Å². The van der Waals surface area contributed by atoms with Gasteiger partial charge in [-0.2, -0.15) is 0 Å². The van der Waals surface area contributed by atoms with Gasteiger partial charge in [0.2, 0.25) is 0 Å². The molecule has 0 aromatic carbocycles. The first-order valence-corrected chi connectivity index (χ1v) is 2.77. The minimum atomic E-state index is -0.255. The Hall–Kier alpha value is -1.38. The summed E-state index contributed by atoms with van der Waals surface area (Å²) in [6.07, 6.45) is 2.98. The summed E-state index contributed by atoms with van der Waals surface area (Å²) in [5, 5.41) is 2.41. The Bertz CT molecular complexity index is 182. The average molecular weight is 138 g/mol. The van der Waals surface area contributed by atoms with Crippen molar-refractivity contribution in [2.75, 3.05) is 7.05 Å². The topological polar surface area (TPSA) is 41.5 Å². The van der Waals surface area contributed by atoms with E-state index in [1.54, 1.807) is 0 Å². The fraction of sp³-hybridized carbons (Fsp3) is 0.143. The molecule has 10 heavy (non-hydrogen) atoms. The van der Waals surface area contributed by atoms with Gasteiger partial charge in [-0.25, -0.2) is 0 Å². The van der Waals surface area contributed by atoms with Crippen LogP contribution in [-0.2, 0) is 4.79 Å². The molecule has 3 nitrogen and oxygen atoms in total. The van der Waals surface area contributed by atoms with Gasteiger partial charge in [0.25, 0.3) is 5.91 Å². The van der Waals surface area contributed by atoms with Crippen LogP contribution in [0.3, 0.4) is 0 Å². The quantitative estimate of drug-likeness (QED) is 0.344. The predicted molar refractivity (Wildman–Crippen MR) is 41.9 cm³/mol. The predicted octanol–water partition coefficient (Wildman–Crippen LogP) is 0.503. The first-order chi connectivity index (χ1) is 4.76. The lowest BCUT2D eigenvalue weighted by molar-refractivity contribution is -0.117. The first-order valence-electron chi connectivity index (χ1n) is 2.77. The first kappa shape index (κ1) is 8.62. The van der Waals surface area contributed by atoms with E-state index < -0.39 is 0 Å². The van der Waals surface area contributed by atoms with Gasteiger partial charge in [0, 0.05) is 7.05 Å². The average Bonchev–Trinajstić information content (AvgIpc) is 1.99. The molecule has 0 aliphatic carbocycles. The highest BCUT2D eigenvalue weighted by Gasteiger charge is 2.00. The van der Waals surface area contributed by atoms with Gasteiger partial charge >= 0.3 is 0 Å². The van der Waals surface area contributed by atoms with Gasteiger partial charge < -0.3 is 5.32 Å². The van der Waals surface area contributed by atoms with Crippen LogP contribution in [0.5, 0.6) is 0 Å². The van der Waals surface area contributed by atoms with E-state index in [1.807, 2.05) is 0 Å². The van der Waals surface area contributed by atoms with Crippen LogP contribution < -0.4 is 5.32 Å². The standard InChI is InChI=1S/C7H10N2O/c1-4-5-6(8-2)7(10)9-3/h4-5H,1-2H2,3H3,(H,9,10)/b6-5-. The zero-order valence-corrected chi connectivity index (χ0v) is 5.92. The monoisotopic (exact) mass is 138 g/mol. The van der Waals surface area contributed by atoms with E-state index in [-0.39, 0.29) is 11.6 Å². The summed E-state index contributed by atoms with van der Waals surface area (Å²) in [5.41, 5.74) is 0.275. The molecular formula is C7H10N2O. The molecule has 1 amide bonds. The Kier molecular flexibility index (Phi) is 3.87. The summed E-state index contributed by atoms with van der Waals surface area (Å²) < 4.78 is 0. The highest BCUT2D eigenvalue weighted by atomic mass is 16.1. The molecule has 0 atom stereocenters. The summed E-state index contributed by atoms with van der Waals surface area (Å²) in [7, 11) is 1.53. The van der Waals surface area contributed by atoms with Gasteiger partial charge in [0.1, 0.15) is 5.70 Å². The molecule has 3 heteroatoms. The fourth-order valence-corrected chi connectivity index (χ4v) is 0.440. The third-order valence-electron chi connectivity index (χ3n) is 0.906. The maximum absolute atomic E-state index is 10.8. The maximum Gasteiger partial charge on any atom is 0.269 e. The highest BCUT2D eigenvalue weighted by Crippen LogP contribution is 1.93. The van der Waals surface area contributed by atoms with Crippen molar-refractivity contribution >= 4 is 12.6 Å². The molecule has 0 aliphatic heterocycles. The fourth-order valence-electron chi connectivity index (χ4n) is 0.440. The Balaban J connectivity index is 4.34. The number of likely N-dealkylation sites (N-methyl/N-ethyl adjacent to an activating group) is 1. The van der Waals surface area contributed by atoms with E-state index in [1.165, 1.54) is 19.2 Å². The van der Waals surface area contributed by atoms with E-state index in [0.29, 0.717) is 0 Å². The van der Waals surface area contributed by atoms with Gasteiger partial charge in [-0.15, -0.1) is 0 Å². The molecule has 0 radical (unpaired) electrons. The number of aliphatic imine (C=N–C) groups is 1. The number of allylic oxidation sites excluding steroid dienone is 2. The zero-order valence-electron chi connectivity index (χ0n) is 5.92. The van der Waals surface area contributed by atoms with E-state index in [4.69, 9.17) is 0 Å². The molecule has 0 aromatic heterocycles. The van der Waals surface area contributed by atoms with Crippen molar-refractivity contribution < 1.29 is 4.79 Å². The van der Waals surface area contributed by atoms with E-state index in [2.05, 4.69) is 23.6 Å². The lowest BCUT2D eigenvalue weighted by Crippen LogP contribution is -2.18. The van der Waals surface area contributed by atoms with Crippen LogP contribution in [0.4, 0.5) is 0 Å². The Morgan fingerprint density at radius 3 is 2.60 bits per heavy atom. The molecule has 0 aliphatic rings. The van der Waals surface area contributed by atoms with Crippen molar-refractivity contribution in [3.63, 3.8) is 0 Å². The second kappa shape index (κ2) is 4.49. The lowest BCUT2D eigenvalue weighted by atomic mass is 10.4. The summed E-state index contributed by atoms with van der Waals surface area (Å²) in [6, 6.07) is 0. The van der Waals surface area contributed by atoms with Crippen molar-refractivity contribution in [2.45, 2.75) is 0 Å². The molecule has 0 bridgehead atoms. The lowest BCUT2D eigenvalue weighted by Gasteiger charge is -1.95. The van der Waals surface area contributed by atoms with Crippen molar-refractivity contribution in [1.29, 1.82) is 0 Å². The van der Waals surface area contributed by atoms with E-state index in [0.717, 1.165) is 0 Å². The third-order valence-corrected chi connectivity index (χ3v) is 0.906. The number of hydrogen-bond donors (Lipinski definition) is 1. The van der Waals surface area contributed by atoms with Gasteiger partial charge in [-0.1, -0.05) is 12.7 Å². The van der Waals surface area contributed by atoms with Crippen LogP contribution in [0.2, 0.25) is 0 Å². The maximum atomic E-state index is 10.8. The molecule has 0 unspecified atom stereocenters. The van der Waals surface area contributed by atoms with Crippen molar-refractivity contribution in [3.05, 3.63) is 24.4 Å². The van der Waals surface area contributed by atoms with Crippen LogP contribution in [0.15, 0.2) is 29.4 Å². The van der Waals surface area contributed by atoms with Gasteiger partial charge in [0.05, 0.1) is 0 Å². The Morgan fingerprint density at radius 1 is 1.70 bits per heavy atom. The number of rotatable bonds is 3. The highest BCUT2D eigenvalue weighted by molar-refractivity contribution is 5.93. The van der Waals surface area contributed by atoms with Crippen LogP contribution in [0.25, 0.3) is 0 Å². The smallest absolute Gasteiger partial charge is 0.269 e. The number of amides is 1. The zero-order chi connectivity index (χ0) is 7.98. The number of carbonyl (C=O) groups excluding carboxylic acids is 1. The van der Waals surface area contributed by atoms with Crippen LogP contribution in [0, 0.1) is 0 Å². The van der Waals surface area contributed by atoms with Crippen molar-refractivity contribution in [1.82, 2.24) is 5.32 Å². The van der Waals surface area contributed by atoms with Crippen molar-refractivity contribution in [3.8, 4) is 0 Å². The van der Waals surface area contributed by atoms with Gasteiger partial charge in [-0.3, -0.25) is 9.79 Å². The minimum absolute atomic E-state index is 0.255. The molecule has 1 N–H and O–H groups in total. The minimum Gasteiger partial charge on any atom is -0.354 e. The number of nitrogens with one attached hydrogen (secondary N) is 1. The van der Waals surface area contributed by atoms with Crippen molar-refractivity contribution in [2.24, 2.45) is 4.99 Å². The Morgan fingerprint density at radius 2 is 2.30 bits per heavy atom. The van der Waals surface area contributed by atoms with E-state index >= 15 is 0 Å². The van der Waals surface area contributed by atoms with Crippen LogP contribution in [0.1, 0.15) is 0 Å². The number of hydrogen-bond acceptors (Lipinski definition) is 2. The summed E-state index contributed by atoms with van der Waals surface area (Å²) in [4.78, 5) is 14.2. The molecule has 54 valence electrons. The molecule has 0 spiro atoms. The molecule has 0 fully saturated rings. The molecule has 0 saturated heterocycles. The summed E-state index contributed by atoms with van der Waals surface area (Å²) in [6.45, 7) is 6.64. The number of carbonyl (C=O) groups is 1. The molecule has 0 aromatic rings.